The third kappa shape index (κ3) is 1.55. The van der Waals surface area contributed by atoms with Crippen molar-refractivity contribution in [3.63, 3.8) is 0 Å². The molecule has 67 valence electrons. The van der Waals surface area contributed by atoms with Crippen LogP contribution in [0.15, 0.2) is 42.6 Å². The molecule has 0 aliphatic heterocycles. The number of hydrogen-bond donors (Lipinski definition) is 0. The van der Waals surface area contributed by atoms with Crippen molar-refractivity contribution in [2.45, 2.75) is 0 Å². The maximum Gasteiger partial charge on any atom is 0.150 e. The third-order valence-electron chi connectivity index (χ3n) is 1.99. The lowest BCUT2D eigenvalue weighted by molar-refractivity contribution is 0.112. The molecular weight excluding hydrogens is 174 g/mol. The fourth-order valence-electron chi connectivity index (χ4n) is 1.32. The smallest absolute Gasteiger partial charge is 0.150 e. The number of carbonyl (C=O) groups is 1. The van der Waals surface area contributed by atoms with E-state index in [0.29, 0.717) is 5.56 Å². The fourth-order valence-corrected chi connectivity index (χ4v) is 1.32. The van der Waals surface area contributed by atoms with E-state index in [2.05, 4.69) is 11.2 Å². The van der Waals surface area contributed by atoms with Gasteiger partial charge in [0.15, 0.2) is 6.29 Å². The molecule has 1 radical (unpaired) electrons. The van der Waals surface area contributed by atoms with Crippen molar-refractivity contribution in [1.82, 2.24) is 4.98 Å². The molecule has 2 aromatic rings. The van der Waals surface area contributed by atoms with Gasteiger partial charge in [-0.1, -0.05) is 30.3 Å². The van der Waals surface area contributed by atoms with Crippen molar-refractivity contribution < 1.29 is 4.79 Å². The van der Waals surface area contributed by atoms with Gasteiger partial charge in [-0.3, -0.25) is 9.78 Å². The minimum absolute atomic E-state index is 0.664. The van der Waals surface area contributed by atoms with Crippen molar-refractivity contribution in [2.24, 2.45) is 0 Å². The van der Waals surface area contributed by atoms with Crippen LogP contribution >= 0.6 is 0 Å². The summed E-state index contributed by atoms with van der Waals surface area (Å²) < 4.78 is 0. The first-order valence-electron chi connectivity index (χ1n) is 4.29. The molecule has 0 fully saturated rings. The fraction of sp³-hybridized carbons (Fsp3) is 0. The first-order chi connectivity index (χ1) is 6.92. The van der Waals surface area contributed by atoms with Crippen molar-refractivity contribution in [3.8, 4) is 11.1 Å². The zero-order valence-electron chi connectivity index (χ0n) is 7.47. The van der Waals surface area contributed by atoms with Gasteiger partial charge in [-0.2, -0.15) is 0 Å². The molecule has 0 saturated carbocycles. The van der Waals surface area contributed by atoms with Gasteiger partial charge in [0, 0.05) is 17.3 Å². The summed E-state index contributed by atoms with van der Waals surface area (Å²) in [5.74, 6) is 0. The number of carbonyl (C=O) groups excluding carboxylic acids is 1. The standard InChI is InChI=1S/C12H8NO/c14-9-11-4-1-2-6-12(11)10-5-3-7-13-8-10/h1-7,9H. The normalized spacial score (nSPS) is 9.71. The summed E-state index contributed by atoms with van der Waals surface area (Å²) in [4.78, 5) is 14.7. The zero-order valence-corrected chi connectivity index (χ0v) is 7.47. The zero-order chi connectivity index (χ0) is 9.80. The van der Waals surface area contributed by atoms with Crippen molar-refractivity contribution in [3.05, 3.63) is 54.4 Å². The molecule has 1 heterocycles. The lowest BCUT2D eigenvalue weighted by Crippen LogP contribution is -1.87. The number of hydrogen-bond acceptors (Lipinski definition) is 2. The molecule has 2 nitrogen and oxygen atoms in total. The van der Waals surface area contributed by atoms with Crippen LogP contribution in [0.1, 0.15) is 10.4 Å². The Kier molecular flexibility index (Phi) is 2.36. The second kappa shape index (κ2) is 3.83. The minimum Gasteiger partial charge on any atom is -0.298 e. The average molecular weight is 182 g/mol. The summed E-state index contributed by atoms with van der Waals surface area (Å²) in [5.41, 5.74) is 2.38. The molecule has 0 N–H and O–H groups in total. The molecule has 0 unspecified atom stereocenters. The highest BCUT2D eigenvalue weighted by Crippen LogP contribution is 2.20. The van der Waals surface area contributed by atoms with Crippen LogP contribution in [-0.2, 0) is 0 Å². The van der Waals surface area contributed by atoms with Crippen molar-refractivity contribution in [2.75, 3.05) is 0 Å². The monoisotopic (exact) mass is 182 g/mol. The van der Waals surface area contributed by atoms with E-state index in [1.807, 2.05) is 30.3 Å². The Labute approximate surface area is 82.2 Å². The van der Waals surface area contributed by atoms with E-state index < -0.39 is 0 Å². The molecule has 1 aromatic carbocycles. The molecule has 0 bridgehead atoms. The Morgan fingerprint density at radius 1 is 1.14 bits per heavy atom. The van der Waals surface area contributed by atoms with Gasteiger partial charge in [-0.15, -0.1) is 0 Å². The van der Waals surface area contributed by atoms with Crippen molar-refractivity contribution in [1.29, 1.82) is 0 Å². The van der Waals surface area contributed by atoms with Gasteiger partial charge in [0.2, 0.25) is 0 Å². The van der Waals surface area contributed by atoms with Crippen LogP contribution in [0.4, 0.5) is 0 Å². The second-order valence-corrected chi connectivity index (χ2v) is 2.87. The lowest BCUT2D eigenvalue weighted by Gasteiger charge is -2.02. The van der Waals surface area contributed by atoms with Gasteiger partial charge in [0.1, 0.15) is 0 Å². The Hall–Kier alpha value is -1.96. The Morgan fingerprint density at radius 3 is 2.71 bits per heavy atom. The second-order valence-electron chi connectivity index (χ2n) is 2.87. The Bertz CT molecular complexity index is 437. The van der Waals surface area contributed by atoms with E-state index >= 15 is 0 Å². The molecular formula is C12H8NO. The van der Waals surface area contributed by atoms with Crippen LogP contribution < -0.4 is 0 Å². The Morgan fingerprint density at radius 2 is 2.00 bits per heavy atom. The predicted octanol–water partition coefficient (Wildman–Crippen LogP) is 2.36. The average Bonchev–Trinajstić information content (AvgIpc) is 2.30. The highest BCUT2D eigenvalue weighted by atomic mass is 16.1. The van der Waals surface area contributed by atoms with Crippen LogP contribution in [0, 0.1) is 6.20 Å². The van der Waals surface area contributed by atoms with E-state index in [1.54, 1.807) is 12.3 Å². The van der Waals surface area contributed by atoms with Gasteiger partial charge in [-0.25, -0.2) is 0 Å². The number of pyridine rings is 1. The summed E-state index contributed by atoms with van der Waals surface area (Å²) in [5, 5.41) is 0. The lowest BCUT2D eigenvalue weighted by atomic mass is 10.0. The number of rotatable bonds is 2. The number of benzene rings is 1. The molecule has 0 aliphatic carbocycles. The maximum absolute atomic E-state index is 10.8. The largest absolute Gasteiger partial charge is 0.298 e. The summed E-state index contributed by atoms with van der Waals surface area (Å²) >= 11 is 0. The number of aldehydes is 1. The number of aromatic nitrogens is 1. The SMILES string of the molecule is O=Cc1ccccc1-c1[c]nccc1. The molecule has 0 spiro atoms. The van der Waals surface area contributed by atoms with Gasteiger partial charge < -0.3 is 0 Å². The molecule has 1 aromatic heterocycles. The van der Waals surface area contributed by atoms with Gasteiger partial charge >= 0.3 is 0 Å². The first kappa shape index (κ1) is 8.63. The maximum atomic E-state index is 10.8. The van der Waals surface area contributed by atoms with Crippen LogP contribution in [-0.4, -0.2) is 11.3 Å². The van der Waals surface area contributed by atoms with E-state index in [0.717, 1.165) is 17.4 Å². The van der Waals surface area contributed by atoms with Crippen LogP contribution in [0.5, 0.6) is 0 Å². The van der Waals surface area contributed by atoms with Gasteiger partial charge in [-0.05, 0) is 11.6 Å². The van der Waals surface area contributed by atoms with E-state index in [-0.39, 0.29) is 0 Å². The highest BCUT2D eigenvalue weighted by Gasteiger charge is 2.02. The number of nitrogens with zero attached hydrogens (tertiary/aromatic N) is 1. The van der Waals surface area contributed by atoms with E-state index in [4.69, 9.17) is 0 Å². The van der Waals surface area contributed by atoms with Crippen LogP contribution in [0.3, 0.4) is 0 Å². The quantitative estimate of drug-likeness (QED) is 0.667. The summed E-state index contributed by atoms with van der Waals surface area (Å²) in [6.45, 7) is 0. The molecule has 0 aliphatic rings. The topological polar surface area (TPSA) is 30.0 Å². The molecule has 0 amide bonds. The minimum atomic E-state index is 0.664. The van der Waals surface area contributed by atoms with Gasteiger partial charge in [0.05, 0.1) is 6.20 Å². The van der Waals surface area contributed by atoms with Crippen LogP contribution in [0.25, 0.3) is 11.1 Å². The highest BCUT2D eigenvalue weighted by molar-refractivity contribution is 5.87. The van der Waals surface area contributed by atoms with E-state index in [1.165, 1.54) is 0 Å². The predicted molar refractivity (Wildman–Crippen MR) is 53.9 cm³/mol. The van der Waals surface area contributed by atoms with E-state index in [9.17, 15) is 4.79 Å². The molecule has 14 heavy (non-hydrogen) atoms. The Balaban J connectivity index is 2.57. The molecule has 0 saturated heterocycles. The molecule has 2 rings (SSSR count). The van der Waals surface area contributed by atoms with Gasteiger partial charge in [0.25, 0.3) is 0 Å². The third-order valence-corrected chi connectivity index (χ3v) is 1.99. The summed E-state index contributed by atoms with van der Waals surface area (Å²) in [6, 6.07) is 11.1. The molecule has 2 heteroatoms. The summed E-state index contributed by atoms with van der Waals surface area (Å²) in [7, 11) is 0. The first-order valence-corrected chi connectivity index (χ1v) is 4.29. The molecule has 0 atom stereocenters. The van der Waals surface area contributed by atoms with Crippen LogP contribution in [0.2, 0.25) is 0 Å². The summed E-state index contributed by atoms with van der Waals surface area (Å²) in [6.07, 6.45) is 5.35. The van der Waals surface area contributed by atoms with Crippen molar-refractivity contribution >= 4 is 6.29 Å².